The molecule has 0 bridgehead atoms. The Hall–Kier alpha value is -6.10. The SMILES string of the molecule is CN1CCCC1C(=O)O.Cc1ccc(-c2cnc(C3CCCN3C)[nH]2)cc1.Cc1ccc(-c2cnc(C3CCCN3C)[nH]2)cc1.Cc1ccc(C(=O)CBr)cc1.Cc1ccc(C(=O)COC(=O)C2CCCN2C)cc1. The minimum Gasteiger partial charge on any atom is -0.480 e. The molecule has 3 N–H and O–H groups in total. The number of imidazole rings is 2. The predicted molar refractivity (Wildman–Crippen MR) is 301 cm³/mol. The van der Waals surface area contributed by atoms with Gasteiger partial charge in [-0.25, -0.2) is 9.97 Å². The average molecular weight is 1090 g/mol. The maximum Gasteiger partial charge on any atom is 0.323 e. The van der Waals surface area contributed by atoms with E-state index in [1.54, 1.807) is 12.1 Å². The standard InChI is InChI=1S/2C15H19N3.C15H19NO3.C9H9BrO.C6H11NO2/c2*1-11-5-7-12(8-6-11)13-10-16-15(17-13)14-4-3-9-18(14)2;1-11-5-7-12(8-6-11)14(17)10-19-15(18)13-4-3-9-16(13)2;1-7-2-4-8(5-3-7)9(11)6-10;1-7-4-2-3-5(7)6(8)9/h2*5-8,10,14H,3-4,9H2,1-2H3,(H,16,17);5-8,13H,3-4,9-10H2,1-2H3;2-5H,6H2,1H3;5H,2-4H2,1H3,(H,8,9). The third-order valence-electron chi connectivity index (χ3n) is 14.4. The zero-order chi connectivity index (χ0) is 54.0. The molecule has 14 nitrogen and oxygen atoms in total. The summed E-state index contributed by atoms with van der Waals surface area (Å²) in [6.07, 6.45) is 12.5. The molecule has 4 saturated heterocycles. The van der Waals surface area contributed by atoms with Crippen LogP contribution in [0.5, 0.6) is 0 Å². The molecule has 4 atom stereocenters. The third-order valence-corrected chi connectivity index (χ3v) is 14.9. The van der Waals surface area contributed by atoms with E-state index in [4.69, 9.17) is 9.84 Å². The zero-order valence-electron chi connectivity index (χ0n) is 45.2. The Labute approximate surface area is 452 Å². The van der Waals surface area contributed by atoms with Gasteiger partial charge in [-0.05, 0) is 145 Å². The number of carbonyl (C=O) groups is 4. The fourth-order valence-electron chi connectivity index (χ4n) is 9.59. The molecule has 4 fully saturated rings. The van der Waals surface area contributed by atoms with Crippen molar-refractivity contribution in [2.75, 3.05) is 66.3 Å². The Morgan fingerprint density at radius 3 is 1.23 bits per heavy atom. The Kier molecular flexibility index (Phi) is 22.3. The number of aryl methyl sites for hydroxylation is 4. The average Bonchev–Trinajstić information content (AvgIpc) is 4.29. The van der Waals surface area contributed by atoms with Crippen LogP contribution in [0.1, 0.15) is 118 Å². The van der Waals surface area contributed by atoms with Gasteiger partial charge in [0.05, 0.1) is 41.2 Å². The fourth-order valence-corrected chi connectivity index (χ4v) is 9.91. The first-order valence-electron chi connectivity index (χ1n) is 26.2. The number of carboxylic acids is 1. The molecule has 0 aliphatic carbocycles. The number of carbonyl (C=O) groups excluding carboxylic acids is 3. The molecular weight excluding hydrogens is 1010 g/mol. The van der Waals surface area contributed by atoms with Crippen LogP contribution in [-0.4, -0.2) is 147 Å². The Morgan fingerprint density at radius 2 is 0.893 bits per heavy atom. The molecule has 15 heteroatoms. The van der Waals surface area contributed by atoms with E-state index >= 15 is 0 Å². The number of ketones is 2. The predicted octanol–water partition coefficient (Wildman–Crippen LogP) is 10.9. The molecule has 0 spiro atoms. The largest absolute Gasteiger partial charge is 0.480 e. The lowest BCUT2D eigenvalue weighted by Crippen LogP contribution is -2.35. The number of likely N-dealkylation sites (N-methyl/N-ethyl adjacent to an activating group) is 2. The number of aromatic amines is 2. The van der Waals surface area contributed by atoms with Gasteiger partial charge >= 0.3 is 11.9 Å². The van der Waals surface area contributed by atoms with Crippen molar-refractivity contribution in [1.29, 1.82) is 0 Å². The third kappa shape index (κ3) is 17.2. The molecule has 6 aromatic rings. The number of halogens is 1. The highest BCUT2D eigenvalue weighted by atomic mass is 79.9. The molecule has 0 radical (unpaired) electrons. The monoisotopic (exact) mass is 1080 g/mol. The molecular formula is C60H77BrN8O6. The van der Waals surface area contributed by atoms with E-state index in [2.05, 4.69) is 122 Å². The van der Waals surface area contributed by atoms with E-state index < -0.39 is 5.97 Å². The van der Waals surface area contributed by atoms with Crippen molar-refractivity contribution >= 4 is 39.4 Å². The summed E-state index contributed by atoms with van der Waals surface area (Å²) in [5, 5.41) is 8.94. The number of ether oxygens (including phenoxy) is 1. The number of likely N-dealkylation sites (tertiary alicyclic amines) is 4. The smallest absolute Gasteiger partial charge is 0.323 e. The van der Waals surface area contributed by atoms with Crippen molar-refractivity contribution in [2.45, 2.75) is 103 Å². The van der Waals surface area contributed by atoms with E-state index in [0.717, 1.165) is 72.9 Å². The Bertz CT molecular complexity index is 2640. The molecule has 4 aliphatic rings. The van der Waals surface area contributed by atoms with Gasteiger partial charge in [0.25, 0.3) is 0 Å². The summed E-state index contributed by atoms with van der Waals surface area (Å²) < 4.78 is 5.11. The van der Waals surface area contributed by atoms with Crippen molar-refractivity contribution in [3.8, 4) is 22.5 Å². The Morgan fingerprint density at radius 1 is 0.533 bits per heavy atom. The van der Waals surface area contributed by atoms with Crippen molar-refractivity contribution < 1.29 is 29.0 Å². The highest BCUT2D eigenvalue weighted by Crippen LogP contribution is 2.31. The summed E-state index contributed by atoms with van der Waals surface area (Å²) in [5.74, 6) is 1.20. The number of carboxylic acid groups (broad SMARTS) is 1. The van der Waals surface area contributed by atoms with Gasteiger partial charge in [-0.2, -0.15) is 0 Å². The van der Waals surface area contributed by atoms with E-state index in [0.29, 0.717) is 23.0 Å². The molecule has 4 unspecified atom stereocenters. The van der Waals surface area contributed by atoms with Crippen LogP contribution in [0.25, 0.3) is 22.5 Å². The lowest BCUT2D eigenvalue weighted by atomic mass is 10.1. The maximum absolute atomic E-state index is 11.9. The van der Waals surface area contributed by atoms with Gasteiger partial charge < -0.3 is 19.8 Å². The molecule has 0 amide bonds. The number of H-pyrrole nitrogens is 2. The normalized spacial score (nSPS) is 19.6. The summed E-state index contributed by atoms with van der Waals surface area (Å²) in [7, 11) is 8.10. The number of nitrogens with one attached hydrogen (secondary N) is 2. The molecule has 10 rings (SSSR count). The fraction of sp³-hybridized carbons (Fsp3) is 0.433. The summed E-state index contributed by atoms with van der Waals surface area (Å²) in [5.41, 5.74) is 10.8. The first-order chi connectivity index (χ1) is 36.0. The first-order valence-corrected chi connectivity index (χ1v) is 27.3. The van der Waals surface area contributed by atoms with Crippen LogP contribution in [0, 0.1) is 27.7 Å². The lowest BCUT2D eigenvalue weighted by Gasteiger charge is -2.17. The van der Waals surface area contributed by atoms with E-state index in [1.165, 1.54) is 66.6 Å². The number of hydrogen-bond donors (Lipinski definition) is 3. The second-order valence-corrected chi connectivity index (χ2v) is 20.9. The van der Waals surface area contributed by atoms with Crippen LogP contribution in [0.15, 0.2) is 109 Å². The van der Waals surface area contributed by atoms with Gasteiger partial charge in [0.1, 0.15) is 23.7 Å². The van der Waals surface area contributed by atoms with Gasteiger partial charge in [-0.15, -0.1) is 0 Å². The van der Waals surface area contributed by atoms with Gasteiger partial charge in [0.15, 0.2) is 18.2 Å². The second-order valence-electron chi connectivity index (χ2n) is 20.3. The van der Waals surface area contributed by atoms with Crippen LogP contribution in [0.2, 0.25) is 0 Å². The van der Waals surface area contributed by atoms with Crippen LogP contribution in [-0.2, 0) is 14.3 Å². The number of rotatable bonds is 11. The summed E-state index contributed by atoms with van der Waals surface area (Å²) in [6, 6.07) is 32.5. The van der Waals surface area contributed by atoms with E-state index in [1.807, 2.05) is 86.5 Å². The summed E-state index contributed by atoms with van der Waals surface area (Å²) in [4.78, 5) is 69.8. The number of aromatic nitrogens is 4. The van der Waals surface area contributed by atoms with Gasteiger partial charge in [0, 0.05) is 11.1 Å². The number of hydrogen-bond acceptors (Lipinski definition) is 11. The summed E-state index contributed by atoms with van der Waals surface area (Å²) in [6.45, 7) is 12.2. The van der Waals surface area contributed by atoms with Crippen molar-refractivity contribution in [3.05, 3.63) is 154 Å². The molecule has 400 valence electrons. The maximum atomic E-state index is 11.9. The topological polar surface area (TPSA) is 168 Å². The molecule has 0 saturated carbocycles. The van der Waals surface area contributed by atoms with Crippen LogP contribution >= 0.6 is 15.9 Å². The van der Waals surface area contributed by atoms with Crippen molar-refractivity contribution in [1.82, 2.24) is 39.5 Å². The molecule has 4 aliphatic heterocycles. The quantitative estimate of drug-likeness (QED) is 0.0639. The van der Waals surface area contributed by atoms with Crippen molar-refractivity contribution in [3.63, 3.8) is 0 Å². The lowest BCUT2D eigenvalue weighted by molar-refractivity contribution is -0.147. The van der Waals surface area contributed by atoms with Crippen molar-refractivity contribution in [2.24, 2.45) is 0 Å². The van der Waals surface area contributed by atoms with Gasteiger partial charge in [-0.1, -0.05) is 135 Å². The van der Waals surface area contributed by atoms with Crippen LogP contribution in [0.4, 0.5) is 0 Å². The summed E-state index contributed by atoms with van der Waals surface area (Å²) >= 11 is 3.12. The van der Waals surface area contributed by atoms with Crippen LogP contribution < -0.4 is 0 Å². The Balaban J connectivity index is 0.000000156. The molecule has 75 heavy (non-hydrogen) atoms. The van der Waals surface area contributed by atoms with E-state index in [-0.39, 0.29) is 36.2 Å². The van der Waals surface area contributed by atoms with Gasteiger partial charge in [0.2, 0.25) is 0 Å². The number of esters is 1. The first kappa shape index (κ1) is 58.2. The molecule has 6 heterocycles. The highest BCUT2D eigenvalue weighted by Gasteiger charge is 2.30. The van der Waals surface area contributed by atoms with E-state index in [9.17, 15) is 19.2 Å². The second kappa shape index (κ2) is 28.7. The highest BCUT2D eigenvalue weighted by molar-refractivity contribution is 9.09. The number of Topliss-reactive ketones (excluding diaryl/α,β-unsaturated/α-hetero) is 2. The van der Waals surface area contributed by atoms with Crippen LogP contribution in [0.3, 0.4) is 0 Å². The minimum atomic E-state index is -0.685. The minimum absolute atomic E-state index is 0.130. The number of nitrogens with zero attached hydrogens (tertiary/aromatic N) is 6. The number of alkyl halides is 1. The molecule has 2 aromatic heterocycles. The molecule has 4 aromatic carbocycles. The zero-order valence-corrected chi connectivity index (χ0v) is 46.7. The van der Waals surface area contributed by atoms with Gasteiger partial charge in [-0.3, -0.25) is 38.8 Å². The number of aliphatic carboxylic acids is 1. The number of benzene rings is 4.